The number of carbonyl (C=O) groups excluding carboxylic acids is 1. The lowest BCUT2D eigenvalue weighted by Crippen LogP contribution is -2.54. The zero-order valence-corrected chi connectivity index (χ0v) is 18.2. The number of hydrogen-bond acceptors (Lipinski definition) is 5. The fourth-order valence-corrected chi connectivity index (χ4v) is 5.85. The molecule has 30 heavy (non-hydrogen) atoms. The number of piperazine rings is 1. The number of sulfonamides is 1. The molecule has 160 valence electrons. The molecule has 0 spiro atoms. The van der Waals surface area contributed by atoms with Crippen LogP contribution in [0.15, 0.2) is 53.4 Å². The van der Waals surface area contributed by atoms with Crippen LogP contribution < -0.4 is 10.9 Å². The summed E-state index contributed by atoms with van der Waals surface area (Å²) in [4.78, 5) is 15.1. The summed E-state index contributed by atoms with van der Waals surface area (Å²) in [6.07, 6.45) is 0.671. The minimum Gasteiger partial charge on any atom is -0.339 e. The highest BCUT2D eigenvalue weighted by atomic mass is 32.2. The standard InChI is InChI=1S/C22H28N4O3S/c1-16-8-9-21(17(2)14-16)30(28,29)26-12-10-25(11-13-26)22(27)20-15-19(23-24-20)18-6-4-3-5-7-18/h3-9,14,19-20,23-24H,10-13,15H2,1-2H3. The first-order valence-electron chi connectivity index (χ1n) is 10.3. The molecule has 2 aromatic carbocycles. The maximum Gasteiger partial charge on any atom is 0.243 e. The Morgan fingerprint density at radius 2 is 1.67 bits per heavy atom. The van der Waals surface area contributed by atoms with E-state index in [0.29, 0.717) is 37.5 Å². The Labute approximate surface area is 178 Å². The maximum absolute atomic E-state index is 13.1. The highest BCUT2D eigenvalue weighted by Crippen LogP contribution is 2.25. The third-order valence-electron chi connectivity index (χ3n) is 5.90. The Balaban J connectivity index is 1.37. The average molecular weight is 429 g/mol. The molecule has 2 unspecified atom stereocenters. The molecule has 0 radical (unpaired) electrons. The van der Waals surface area contributed by atoms with Crippen molar-refractivity contribution in [3.8, 4) is 0 Å². The van der Waals surface area contributed by atoms with Gasteiger partial charge in [-0.15, -0.1) is 0 Å². The molecular weight excluding hydrogens is 400 g/mol. The SMILES string of the molecule is Cc1ccc(S(=O)(=O)N2CCN(C(=O)C3CC(c4ccccc4)NN3)CC2)c(C)c1. The topological polar surface area (TPSA) is 81.8 Å². The second kappa shape index (κ2) is 8.47. The van der Waals surface area contributed by atoms with E-state index in [1.165, 1.54) is 4.31 Å². The molecule has 2 aromatic rings. The van der Waals surface area contributed by atoms with Gasteiger partial charge in [-0.05, 0) is 37.5 Å². The van der Waals surface area contributed by atoms with Crippen LogP contribution in [0.4, 0.5) is 0 Å². The maximum atomic E-state index is 13.1. The van der Waals surface area contributed by atoms with Crippen molar-refractivity contribution in [2.45, 2.75) is 37.2 Å². The van der Waals surface area contributed by atoms with Gasteiger partial charge in [-0.3, -0.25) is 4.79 Å². The number of carbonyl (C=O) groups is 1. The van der Waals surface area contributed by atoms with Gasteiger partial charge in [-0.1, -0.05) is 48.0 Å². The third kappa shape index (κ3) is 4.13. The van der Waals surface area contributed by atoms with Gasteiger partial charge in [0.15, 0.2) is 0 Å². The van der Waals surface area contributed by atoms with Crippen molar-refractivity contribution in [3.05, 3.63) is 65.2 Å². The number of hydrazine groups is 1. The van der Waals surface area contributed by atoms with Gasteiger partial charge in [-0.2, -0.15) is 4.31 Å². The van der Waals surface area contributed by atoms with Gasteiger partial charge < -0.3 is 4.90 Å². The predicted molar refractivity (Wildman–Crippen MR) is 115 cm³/mol. The number of rotatable bonds is 4. The molecule has 4 rings (SSSR count). The quantitative estimate of drug-likeness (QED) is 0.775. The number of aryl methyl sites for hydroxylation is 2. The first-order chi connectivity index (χ1) is 14.4. The van der Waals surface area contributed by atoms with Gasteiger partial charge in [-0.25, -0.2) is 19.3 Å². The van der Waals surface area contributed by atoms with Gasteiger partial charge >= 0.3 is 0 Å². The Morgan fingerprint density at radius 1 is 0.967 bits per heavy atom. The monoisotopic (exact) mass is 428 g/mol. The Hall–Kier alpha value is -2.26. The van der Waals surface area contributed by atoms with Crippen LogP contribution in [0.3, 0.4) is 0 Å². The summed E-state index contributed by atoms with van der Waals surface area (Å²) in [6.45, 7) is 5.19. The Bertz CT molecular complexity index is 1020. The van der Waals surface area contributed by atoms with E-state index in [0.717, 1.165) is 16.7 Å². The summed E-state index contributed by atoms with van der Waals surface area (Å²) < 4.78 is 27.6. The molecule has 1 amide bonds. The highest BCUT2D eigenvalue weighted by molar-refractivity contribution is 7.89. The van der Waals surface area contributed by atoms with Crippen LogP contribution >= 0.6 is 0 Å². The van der Waals surface area contributed by atoms with E-state index in [1.807, 2.05) is 56.3 Å². The van der Waals surface area contributed by atoms with Crippen molar-refractivity contribution in [2.24, 2.45) is 0 Å². The van der Waals surface area contributed by atoms with E-state index in [4.69, 9.17) is 0 Å². The summed E-state index contributed by atoms with van der Waals surface area (Å²) in [7, 11) is -3.56. The summed E-state index contributed by atoms with van der Waals surface area (Å²) in [5.74, 6) is 0.0181. The molecule has 2 atom stereocenters. The largest absolute Gasteiger partial charge is 0.339 e. The first kappa shape index (κ1) is 21.0. The van der Waals surface area contributed by atoms with Gasteiger partial charge in [0.25, 0.3) is 0 Å². The number of nitrogens with one attached hydrogen (secondary N) is 2. The molecule has 2 saturated heterocycles. The van der Waals surface area contributed by atoms with E-state index >= 15 is 0 Å². The third-order valence-corrected chi connectivity index (χ3v) is 7.96. The van der Waals surface area contributed by atoms with Crippen molar-refractivity contribution < 1.29 is 13.2 Å². The first-order valence-corrected chi connectivity index (χ1v) is 11.7. The molecule has 2 fully saturated rings. The molecule has 2 aliphatic heterocycles. The van der Waals surface area contributed by atoms with E-state index in [-0.39, 0.29) is 18.0 Å². The second-order valence-corrected chi connectivity index (χ2v) is 9.94. The smallest absolute Gasteiger partial charge is 0.243 e. The van der Waals surface area contributed by atoms with Crippen molar-refractivity contribution in [1.29, 1.82) is 0 Å². The molecule has 0 aromatic heterocycles. The van der Waals surface area contributed by atoms with Gasteiger partial charge in [0.05, 0.1) is 4.90 Å². The molecule has 2 aliphatic rings. The van der Waals surface area contributed by atoms with Crippen molar-refractivity contribution >= 4 is 15.9 Å². The van der Waals surface area contributed by atoms with E-state index in [1.54, 1.807) is 11.0 Å². The van der Waals surface area contributed by atoms with Crippen LogP contribution in [-0.4, -0.2) is 55.8 Å². The van der Waals surface area contributed by atoms with Crippen LogP contribution in [0, 0.1) is 13.8 Å². The molecule has 0 saturated carbocycles. The molecule has 2 N–H and O–H groups in total. The fourth-order valence-electron chi connectivity index (χ4n) is 4.22. The summed E-state index contributed by atoms with van der Waals surface area (Å²) >= 11 is 0. The Kier molecular flexibility index (Phi) is 5.92. The van der Waals surface area contributed by atoms with Gasteiger partial charge in [0, 0.05) is 32.2 Å². The van der Waals surface area contributed by atoms with Gasteiger partial charge in [0.2, 0.25) is 15.9 Å². The summed E-state index contributed by atoms with van der Waals surface area (Å²) in [6, 6.07) is 15.2. The minimum atomic E-state index is -3.56. The molecule has 0 bridgehead atoms. The van der Waals surface area contributed by atoms with Crippen molar-refractivity contribution in [3.63, 3.8) is 0 Å². The minimum absolute atomic E-state index is 0.0181. The molecule has 7 nitrogen and oxygen atoms in total. The lowest BCUT2D eigenvalue weighted by molar-refractivity contribution is -0.134. The van der Waals surface area contributed by atoms with Crippen LogP contribution in [0.5, 0.6) is 0 Å². The lowest BCUT2D eigenvalue weighted by Gasteiger charge is -2.35. The zero-order chi connectivity index (χ0) is 21.3. The predicted octanol–water partition coefficient (Wildman–Crippen LogP) is 1.74. The number of nitrogens with zero attached hydrogens (tertiary/aromatic N) is 2. The number of benzene rings is 2. The van der Waals surface area contributed by atoms with E-state index in [2.05, 4.69) is 10.9 Å². The van der Waals surface area contributed by atoms with Crippen LogP contribution in [0.25, 0.3) is 0 Å². The molecule has 8 heteroatoms. The van der Waals surface area contributed by atoms with E-state index in [9.17, 15) is 13.2 Å². The van der Waals surface area contributed by atoms with Crippen LogP contribution in [-0.2, 0) is 14.8 Å². The summed E-state index contributed by atoms with van der Waals surface area (Å²) in [5, 5.41) is 0. The van der Waals surface area contributed by atoms with E-state index < -0.39 is 10.0 Å². The van der Waals surface area contributed by atoms with Crippen molar-refractivity contribution in [1.82, 2.24) is 20.1 Å². The lowest BCUT2D eigenvalue weighted by atomic mass is 10.0. The Morgan fingerprint density at radius 3 is 2.33 bits per heavy atom. The van der Waals surface area contributed by atoms with Crippen LogP contribution in [0.2, 0.25) is 0 Å². The number of amides is 1. The normalized spacial score (nSPS) is 22.9. The second-order valence-electron chi connectivity index (χ2n) is 8.04. The molecule has 0 aliphatic carbocycles. The number of hydrogen-bond donors (Lipinski definition) is 2. The van der Waals surface area contributed by atoms with Crippen LogP contribution in [0.1, 0.15) is 29.2 Å². The van der Waals surface area contributed by atoms with Crippen molar-refractivity contribution in [2.75, 3.05) is 26.2 Å². The zero-order valence-electron chi connectivity index (χ0n) is 17.3. The van der Waals surface area contributed by atoms with Gasteiger partial charge in [0.1, 0.15) is 6.04 Å². The fraction of sp³-hybridized carbons (Fsp3) is 0.409. The molecular formula is C22H28N4O3S. The highest BCUT2D eigenvalue weighted by Gasteiger charge is 2.36. The summed E-state index contributed by atoms with van der Waals surface area (Å²) in [5.41, 5.74) is 9.24. The molecule has 2 heterocycles. The average Bonchev–Trinajstić information content (AvgIpc) is 3.24.